The van der Waals surface area contributed by atoms with Gasteiger partial charge in [-0.3, -0.25) is 19.5 Å². The van der Waals surface area contributed by atoms with E-state index in [1.54, 1.807) is 6.08 Å². The zero-order valence-corrected chi connectivity index (χ0v) is 19.4. The van der Waals surface area contributed by atoms with Crippen molar-refractivity contribution >= 4 is 29.0 Å². The first kappa shape index (κ1) is 24.1. The highest BCUT2D eigenvalue weighted by Crippen LogP contribution is 2.28. The van der Waals surface area contributed by atoms with Crippen molar-refractivity contribution in [2.75, 3.05) is 11.1 Å². The normalized spacial score (nSPS) is 11.3. The van der Waals surface area contributed by atoms with Crippen molar-refractivity contribution in [3.63, 3.8) is 0 Å². The molecule has 10 heteroatoms. The molecular formula is C23H24FN5O3S. The number of hydrogen-bond donors (Lipinski definition) is 1. The number of benzene rings is 2. The van der Waals surface area contributed by atoms with Gasteiger partial charge in [0.05, 0.1) is 10.7 Å². The predicted octanol–water partition coefficient (Wildman–Crippen LogP) is 5.21. The molecule has 0 aliphatic rings. The van der Waals surface area contributed by atoms with Crippen LogP contribution in [0.4, 0.5) is 15.8 Å². The second kappa shape index (κ2) is 9.95. The van der Waals surface area contributed by atoms with E-state index in [9.17, 15) is 19.3 Å². The number of carbonyl (C=O) groups is 1. The second-order valence-corrected chi connectivity index (χ2v) is 9.24. The number of rotatable bonds is 8. The van der Waals surface area contributed by atoms with Crippen molar-refractivity contribution in [1.29, 1.82) is 0 Å². The molecule has 0 radical (unpaired) electrons. The summed E-state index contributed by atoms with van der Waals surface area (Å²) in [5.74, 6) is -0.728. The first-order valence-corrected chi connectivity index (χ1v) is 11.1. The second-order valence-electron chi connectivity index (χ2n) is 8.29. The van der Waals surface area contributed by atoms with Crippen LogP contribution in [0.15, 0.2) is 60.3 Å². The fourth-order valence-electron chi connectivity index (χ4n) is 3.08. The summed E-state index contributed by atoms with van der Waals surface area (Å²) in [6.45, 7) is 10.7. The van der Waals surface area contributed by atoms with Crippen LogP contribution < -0.4 is 5.32 Å². The molecule has 0 spiro atoms. The maximum Gasteiger partial charge on any atom is 0.306 e. The van der Waals surface area contributed by atoms with Crippen molar-refractivity contribution in [3.05, 3.63) is 76.6 Å². The lowest BCUT2D eigenvalue weighted by Gasteiger charge is -2.19. The SMILES string of the molecule is C=CCn1c(SCC(=O)Nc2ccc(F)c([N+](=O)[O-])c2)nnc1-c1ccc(C(C)(C)C)cc1. The Labute approximate surface area is 195 Å². The first-order valence-electron chi connectivity index (χ1n) is 10.1. The molecule has 33 heavy (non-hydrogen) atoms. The standard InChI is InChI=1S/C23H24FN5O3S/c1-5-12-28-21(15-6-8-16(9-7-15)23(2,3)4)26-27-22(28)33-14-20(30)25-17-10-11-18(24)19(13-17)29(31)32/h5-11,13H,1,12,14H2,2-4H3,(H,25,30). The van der Waals surface area contributed by atoms with Gasteiger partial charge in [0.2, 0.25) is 11.7 Å². The number of amides is 1. The Hall–Kier alpha value is -3.53. The van der Waals surface area contributed by atoms with E-state index in [1.165, 1.54) is 23.4 Å². The molecule has 0 fully saturated rings. The van der Waals surface area contributed by atoms with E-state index in [1.807, 2.05) is 16.7 Å². The zero-order chi connectivity index (χ0) is 24.2. The molecule has 0 aliphatic heterocycles. The van der Waals surface area contributed by atoms with Crippen molar-refractivity contribution in [1.82, 2.24) is 14.8 Å². The Morgan fingerprint density at radius 1 is 1.24 bits per heavy atom. The van der Waals surface area contributed by atoms with Gasteiger partial charge in [0, 0.05) is 23.9 Å². The number of nitrogens with one attached hydrogen (secondary N) is 1. The molecule has 0 saturated heterocycles. The lowest BCUT2D eigenvalue weighted by Crippen LogP contribution is -2.15. The van der Waals surface area contributed by atoms with Gasteiger partial charge in [-0.05, 0) is 23.1 Å². The van der Waals surface area contributed by atoms with Crippen LogP contribution in [0, 0.1) is 15.9 Å². The molecule has 2 aromatic carbocycles. The van der Waals surface area contributed by atoms with Crippen LogP contribution in [0.1, 0.15) is 26.3 Å². The highest BCUT2D eigenvalue weighted by Gasteiger charge is 2.18. The number of nitrogens with zero attached hydrogens (tertiary/aromatic N) is 4. The molecule has 0 aliphatic carbocycles. The monoisotopic (exact) mass is 469 g/mol. The van der Waals surface area contributed by atoms with Crippen molar-refractivity contribution in [3.8, 4) is 11.4 Å². The number of nitro groups is 1. The van der Waals surface area contributed by atoms with Gasteiger partial charge < -0.3 is 5.32 Å². The van der Waals surface area contributed by atoms with Crippen LogP contribution >= 0.6 is 11.8 Å². The molecule has 1 aromatic heterocycles. The highest BCUT2D eigenvalue weighted by molar-refractivity contribution is 7.99. The molecule has 0 saturated carbocycles. The van der Waals surface area contributed by atoms with E-state index in [0.29, 0.717) is 17.5 Å². The summed E-state index contributed by atoms with van der Waals surface area (Å²) < 4.78 is 15.3. The number of halogens is 1. The summed E-state index contributed by atoms with van der Waals surface area (Å²) in [6, 6.07) is 11.3. The fourth-order valence-corrected chi connectivity index (χ4v) is 3.83. The molecule has 0 unspecified atom stereocenters. The maximum atomic E-state index is 13.5. The van der Waals surface area contributed by atoms with Crippen LogP contribution in [0.3, 0.4) is 0 Å². The smallest absolute Gasteiger partial charge is 0.306 e. The molecule has 1 N–H and O–H groups in total. The van der Waals surface area contributed by atoms with E-state index < -0.39 is 22.3 Å². The van der Waals surface area contributed by atoms with Crippen molar-refractivity contribution in [2.45, 2.75) is 37.9 Å². The summed E-state index contributed by atoms with van der Waals surface area (Å²) in [6.07, 6.45) is 1.72. The molecule has 8 nitrogen and oxygen atoms in total. The van der Waals surface area contributed by atoms with Gasteiger partial charge in [-0.1, -0.05) is 62.9 Å². The molecule has 172 valence electrons. The topological polar surface area (TPSA) is 103 Å². The quantitative estimate of drug-likeness (QED) is 0.210. The number of allylic oxidation sites excluding steroid dienone is 1. The number of hydrogen-bond acceptors (Lipinski definition) is 6. The van der Waals surface area contributed by atoms with Crippen LogP contribution in [-0.2, 0) is 16.8 Å². The van der Waals surface area contributed by atoms with Crippen LogP contribution in [0.25, 0.3) is 11.4 Å². The molecular weight excluding hydrogens is 445 g/mol. The van der Waals surface area contributed by atoms with Gasteiger partial charge in [0.15, 0.2) is 11.0 Å². The van der Waals surface area contributed by atoms with Gasteiger partial charge in [0.25, 0.3) is 0 Å². The van der Waals surface area contributed by atoms with Crippen molar-refractivity contribution < 1.29 is 14.1 Å². The van der Waals surface area contributed by atoms with E-state index in [4.69, 9.17) is 0 Å². The minimum Gasteiger partial charge on any atom is -0.325 e. The Kier molecular flexibility index (Phi) is 7.27. The molecule has 1 heterocycles. The minimum absolute atomic E-state index is 0.0105. The summed E-state index contributed by atoms with van der Waals surface area (Å²) >= 11 is 1.17. The van der Waals surface area contributed by atoms with Gasteiger partial charge in [-0.2, -0.15) is 4.39 Å². The fraction of sp³-hybridized carbons (Fsp3) is 0.261. The third-order valence-corrected chi connectivity index (χ3v) is 5.76. The molecule has 0 bridgehead atoms. The van der Waals surface area contributed by atoms with E-state index in [-0.39, 0.29) is 16.9 Å². The Morgan fingerprint density at radius 3 is 2.55 bits per heavy atom. The van der Waals surface area contributed by atoms with E-state index in [2.05, 4.69) is 55.0 Å². The van der Waals surface area contributed by atoms with Crippen LogP contribution in [0.2, 0.25) is 0 Å². The number of aromatic nitrogens is 3. The summed E-state index contributed by atoms with van der Waals surface area (Å²) in [5, 5.41) is 22.5. The van der Waals surface area contributed by atoms with Crippen molar-refractivity contribution in [2.24, 2.45) is 0 Å². The van der Waals surface area contributed by atoms with E-state index in [0.717, 1.165) is 17.7 Å². The number of carbonyl (C=O) groups excluding carboxylic acids is 1. The third-order valence-electron chi connectivity index (χ3n) is 4.80. The molecule has 3 rings (SSSR count). The predicted molar refractivity (Wildman–Crippen MR) is 127 cm³/mol. The van der Waals surface area contributed by atoms with Crippen LogP contribution in [-0.4, -0.2) is 31.3 Å². The van der Waals surface area contributed by atoms with Crippen LogP contribution in [0.5, 0.6) is 0 Å². The summed E-state index contributed by atoms with van der Waals surface area (Å²) in [7, 11) is 0. The van der Waals surface area contributed by atoms with Gasteiger partial charge in [0.1, 0.15) is 0 Å². The minimum atomic E-state index is -0.965. The Balaban J connectivity index is 1.73. The van der Waals surface area contributed by atoms with E-state index >= 15 is 0 Å². The average molecular weight is 470 g/mol. The summed E-state index contributed by atoms with van der Waals surface area (Å²) in [4.78, 5) is 22.4. The number of nitro benzene ring substituents is 1. The first-order chi connectivity index (χ1) is 15.6. The largest absolute Gasteiger partial charge is 0.325 e. The molecule has 1 amide bonds. The third kappa shape index (κ3) is 5.83. The number of thioether (sulfide) groups is 1. The Morgan fingerprint density at radius 2 is 1.94 bits per heavy atom. The summed E-state index contributed by atoms with van der Waals surface area (Å²) in [5.41, 5.74) is 1.57. The number of anilines is 1. The maximum absolute atomic E-state index is 13.5. The van der Waals surface area contributed by atoms with Gasteiger partial charge in [-0.25, -0.2) is 0 Å². The average Bonchev–Trinajstić information content (AvgIpc) is 3.16. The zero-order valence-electron chi connectivity index (χ0n) is 18.5. The van der Waals surface area contributed by atoms with Gasteiger partial charge in [-0.15, -0.1) is 16.8 Å². The lowest BCUT2D eigenvalue weighted by atomic mass is 9.87. The Bertz CT molecular complexity index is 1190. The van der Waals surface area contributed by atoms with Gasteiger partial charge >= 0.3 is 5.69 Å². The lowest BCUT2D eigenvalue weighted by molar-refractivity contribution is -0.387. The molecule has 0 atom stereocenters. The highest BCUT2D eigenvalue weighted by atomic mass is 32.2. The molecule has 3 aromatic rings.